The van der Waals surface area contributed by atoms with E-state index in [4.69, 9.17) is 4.74 Å². The summed E-state index contributed by atoms with van der Waals surface area (Å²) in [6.07, 6.45) is -0.112. The van der Waals surface area contributed by atoms with E-state index >= 15 is 0 Å². The van der Waals surface area contributed by atoms with E-state index in [1.54, 1.807) is 0 Å². The summed E-state index contributed by atoms with van der Waals surface area (Å²) in [5.41, 5.74) is 0. The third-order valence-electron chi connectivity index (χ3n) is 1.56. The molecule has 4 nitrogen and oxygen atoms in total. The first-order valence-corrected chi connectivity index (χ1v) is 3.78. The molecule has 70 valence electrons. The molecule has 0 aromatic carbocycles. The predicted octanol–water partition coefficient (Wildman–Crippen LogP) is 0.544. The number of Topliss-reactive ketones (excluding diaryl/α,β-unsaturated/α-hetero) is 1. The maximum Gasteiger partial charge on any atom is 0.313 e. The molecule has 0 fully saturated rings. The molecule has 0 rings (SSSR count). The highest BCUT2D eigenvalue weighted by Crippen LogP contribution is 2.01. The lowest BCUT2D eigenvalue weighted by Gasteiger charge is -2.09. The third-order valence-corrected chi connectivity index (χ3v) is 1.56. The van der Waals surface area contributed by atoms with Crippen LogP contribution in [0.5, 0.6) is 0 Å². The van der Waals surface area contributed by atoms with Crippen molar-refractivity contribution in [3.8, 4) is 0 Å². The van der Waals surface area contributed by atoms with Crippen molar-refractivity contribution in [3.05, 3.63) is 0 Å². The lowest BCUT2D eigenvalue weighted by molar-refractivity contribution is -0.145. The Balaban J connectivity index is 3.92. The van der Waals surface area contributed by atoms with Crippen molar-refractivity contribution in [2.45, 2.75) is 25.9 Å². The maximum atomic E-state index is 11.1. The molecule has 0 radical (unpaired) electrons. The zero-order valence-corrected chi connectivity index (χ0v) is 7.62. The summed E-state index contributed by atoms with van der Waals surface area (Å²) in [5, 5.41) is 0. The number of hydrogen-bond acceptors (Lipinski definition) is 4. The van der Waals surface area contributed by atoms with E-state index in [9.17, 15) is 9.59 Å². The van der Waals surface area contributed by atoms with Crippen molar-refractivity contribution in [2.75, 3.05) is 14.2 Å². The fourth-order valence-corrected chi connectivity index (χ4v) is 0.854. The van der Waals surface area contributed by atoms with Gasteiger partial charge in [-0.05, 0) is 6.42 Å². The summed E-state index contributed by atoms with van der Waals surface area (Å²) < 4.78 is 9.19. The molecule has 12 heavy (non-hydrogen) atoms. The monoisotopic (exact) mass is 174 g/mol. The van der Waals surface area contributed by atoms with E-state index in [1.807, 2.05) is 6.92 Å². The lowest BCUT2D eigenvalue weighted by atomic mass is 10.1. The fraction of sp³-hybridized carbons (Fsp3) is 0.750. The topological polar surface area (TPSA) is 52.6 Å². The van der Waals surface area contributed by atoms with E-state index in [1.165, 1.54) is 14.2 Å². The Bertz CT molecular complexity index is 160. The number of esters is 1. The van der Waals surface area contributed by atoms with Gasteiger partial charge in [0.1, 0.15) is 12.5 Å². The van der Waals surface area contributed by atoms with Crippen LogP contribution >= 0.6 is 0 Å². The first-order valence-electron chi connectivity index (χ1n) is 3.78. The van der Waals surface area contributed by atoms with E-state index in [0.29, 0.717) is 6.42 Å². The zero-order chi connectivity index (χ0) is 9.56. The van der Waals surface area contributed by atoms with Gasteiger partial charge in [-0.2, -0.15) is 0 Å². The van der Waals surface area contributed by atoms with Gasteiger partial charge < -0.3 is 9.47 Å². The molecule has 0 spiro atoms. The molecular weight excluding hydrogens is 160 g/mol. The van der Waals surface area contributed by atoms with Gasteiger partial charge >= 0.3 is 5.97 Å². The minimum atomic E-state index is -0.518. The molecule has 0 aliphatic carbocycles. The van der Waals surface area contributed by atoms with Crippen molar-refractivity contribution in [2.24, 2.45) is 0 Å². The highest BCUT2D eigenvalue weighted by molar-refractivity contribution is 5.97. The largest absolute Gasteiger partial charge is 0.469 e. The Hall–Kier alpha value is -0.900. The zero-order valence-electron chi connectivity index (χ0n) is 7.62. The standard InChI is InChI=1S/C8H14O4/c1-4-7(11-2)6(9)5-8(10)12-3/h7H,4-5H2,1-3H3. The molecule has 0 aromatic heterocycles. The van der Waals surface area contributed by atoms with Crippen LogP contribution in [0.15, 0.2) is 0 Å². The van der Waals surface area contributed by atoms with Gasteiger partial charge in [0.25, 0.3) is 0 Å². The van der Waals surface area contributed by atoms with Gasteiger partial charge in [-0.25, -0.2) is 0 Å². The average molecular weight is 174 g/mol. The highest BCUT2D eigenvalue weighted by Gasteiger charge is 2.18. The van der Waals surface area contributed by atoms with Crippen LogP contribution < -0.4 is 0 Å². The van der Waals surface area contributed by atoms with E-state index < -0.39 is 12.1 Å². The molecule has 0 aromatic rings. The molecule has 1 unspecified atom stereocenters. The number of rotatable bonds is 5. The summed E-state index contributed by atoms with van der Waals surface area (Å²) in [6.45, 7) is 1.82. The minimum absolute atomic E-state index is 0.206. The van der Waals surface area contributed by atoms with Crippen LogP contribution in [-0.4, -0.2) is 32.1 Å². The predicted molar refractivity (Wildman–Crippen MR) is 42.7 cm³/mol. The number of ketones is 1. The normalized spacial score (nSPS) is 12.2. The van der Waals surface area contributed by atoms with Crippen LogP contribution in [0.4, 0.5) is 0 Å². The third kappa shape index (κ3) is 3.48. The molecule has 0 amide bonds. The first-order chi connectivity index (χ1) is 5.65. The maximum absolute atomic E-state index is 11.1. The Morgan fingerprint density at radius 2 is 1.92 bits per heavy atom. The van der Waals surface area contributed by atoms with E-state index in [-0.39, 0.29) is 12.2 Å². The Morgan fingerprint density at radius 1 is 1.33 bits per heavy atom. The van der Waals surface area contributed by atoms with Gasteiger partial charge in [0.05, 0.1) is 7.11 Å². The van der Waals surface area contributed by atoms with Gasteiger partial charge in [0, 0.05) is 7.11 Å². The Kier molecular flexibility index (Phi) is 5.28. The summed E-state index contributed by atoms with van der Waals surface area (Å²) in [4.78, 5) is 21.8. The van der Waals surface area contributed by atoms with Gasteiger partial charge in [-0.3, -0.25) is 9.59 Å². The second-order valence-electron chi connectivity index (χ2n) is 2.35. The molecule has 0 aliphatic rings. The average Bonchev–Trinajstić information content (AvgIpc) is 2.06. The van der Waals surface area contributed by atoms with Crippen molar-refractivity contribution in [1.82, 2.24) is 0 Å². The summed E-state index contributed by atoms with van der Waals surface area (Å²) in [7, 11) is 2.70. The molecule has 0 saturated heterocycles. The van der Waals surface area contributed by atoms with Crippen LogP contribution in [-0.2, 0) is 19.1 Å². The smallest absolute Gasteiger partial charge is 0.313 e. The van der Waals surface area contributed by atoms with Crippen molar-refractivity contribution in [1.29, 1.82) is 0 Å². The van der Waals surface area contributed by atoms with Gasteiger partial charge in [-0.15, -0.1) is 0 Å². The molecule has 0 saturated carbocycles. The SMILES string of the molecule is CCC(OC)C(=O)CC(=O)OC. The van der Waals surface area contributed by atoms with Crippen LogP contribution in [0.1, 0.15) is 19.8 Å². The van der Waals surface area contributed by atoms with Crippen LogP contribution in [0, 0.1) is 0 Å². The van der Waals surface area contributed by atoms with Gasteiger partial charge in [0.2, 0.25) is 0 Å². The second kappa shape index (κ2) is 5.71. The van der Waals surface area contributed by atoms with Crippen LogP contribution in [0.25, 0.3) is 0 Å². The number of carbonyl (C=O) groups is 2. The second-order valence-corrected chi connectivity index (χ2v) is 2.35. The Labute approximate surface area is 71.8 Å². The molecule has 0 aliphatic heterocycles. The van der Waals surface area contributed by atoms with Crippen molar-refractivity contribution in [3.63, 3.8) is 0 Å². The van der Waals surface area contributed by atoms with Crippen LogP contribution in [0.2, 0.25) is 0 Å². The van der Waals surface area contributed by atoms with Gasteiger partial charge in [0.15, 0.2) is 5.78 Å². The molecule has 0 heterocycles. The first kappa shape index (κ1) is 11.1. The lowest BCUT2D eigenvalue weighted by Crippen LogP contribution is -2.24. The quantitative estimate of drug-likeness (QED) is 0.451. The van der Waals surface area contributed by atoms with Crippen molar-refractivity contribution >= 4 is 11.8 Å². The fourth-order valence-electron chi connectivity index (χ4n) is 0.854. The van der Waals surface area contributed by atoms with Crippen molar-refractivity contribution < 1.29 is 19.1 Å². The summed E-state index contributed by atoms with van der Waals surface area (Å²) in [6, 6.07) is 0. The van der Waals surface area contributed by atoms with E-state index in [0.717, 1.165) is 0 Å². The number of hydrogen-bond donors (Lipinski definition) is 0. The molecule has 4 heteroatoms. The van der Waals surface area contributed by atoms with Crippen LogP contribution in [0.3, 0.4) is 0 Å². The Morgan fingerprint density at radius 3 is 2.25 bits per heavy atom. The number of carbonyl (C=O) groups excluding carboxylic acids is 2. The molecular formula is C8H14O4. The minimum Gasteiger partial charge on any atom is -0.469 e. The molecule has 0 N–H and O–H groups in total. The summed E-state index contributed by atoms with van der Waals surface area (Å²) >= 11 is 0. The number of methoxy groups -OCH3 is 2. The van der Waals surface area contributed by atoms with Gasteiger partial charge in [-0.1, -0.05) is 6.92 Å². The highest BCUT2D eigenvalue weighted by atomic mass is 16.5. The summed E-state index contributed by atoms with van der Waals surface area (Å²) in [5.74, 6) is -0.748. The number of ether oxygens (including phenoxy) is 2. The molecule has 1 atom stereocenters. The van der Waals surface area contributed by atoms with E-state index in [2.05, 4.69) is 4.74 Å². The molecule has 0 bridgehead atoms.